The van der Waals surface area contributed by atoms with Crippen LogP contribution in [0, 0.1) is 0 Å². The molecule has 6 nitrogen and oxygen atoms in total. The molecule has 0 saturated carbocycles. The van der Waals surface area contributed by atoms with E-state index in [4.69, 9.17) is 18.9 Å². The van der Waals surface area contributed by atoms with Gasteiger partial charge in [0.2, 0.25) is 0 Å². The average Bonchev–Trinajstić information content (AvgIpc) is 3.23. The molecular formula is C25H31NO5. The van der Waals surface area contributed by atoms with Gasteiger partial charge in [0.25, 0.3) is 0 Å². The molecule has 0 bridgehead atoms. The summed E-state index contributed by atoms with van der Waals surface area (Å²) in [5.74, 6) is -0.745. The predicted molar refractivity (Wildman–Crippen MR) is 116 cm³/mol. The minimum atomic E-state index is -0.745. The molecule has 5 atom stereocenters. The van der Waals surface area contributed by atoms with Crippen LogP contribution in [0.4, 0.5) is 0 Å². The summed E-state index contributed by atoms with van der Waals surface area (Å²) in [6.07, 6.45) is 0.557. The van der Waals surface area contributed by atoms with Crippen LogP contribution in [0.5, 0.6) is 0 Å². The fourth-order valence-corrected chi connectivity index (χ4v) is 4.25. The molecular weight excluding hydrogens is 394 g/mol. The van der Waals surface area contributed by atoms with Crippen LogP contribution in [0.25, 0.3) is 0 Å². The van der Waals surface area contributed by atoms with Crippen LogP contribution in [-0.2, 0) is 32.1 Å². The van der Waals surface area contributed by atoms with Gasteiger partial charge in [0.15, 0.2) is 12.1 Å². The Morgan fingerprint density at radius 3 is 2.35 bits per heavy atom. The molecule has 31 heavy (non-hydrogen) atoms. The minimum absolute atomic E-state index is 0.362. The Hall–Kier alpha value is -2.06. The van der Waals surface area contributed by atoms with Gasteiger partial charge in [-0.15, -0.1) is 6.58 Å². The summed E-state index contributed by atoms with van der Waals surface area (Å²) in [7, 11) is 0. The highest BCUT2D eigenvalue weighted by molar-refractivity contribution is 5.15. The molecule has 2 aromatic carbocycles. The Labute approximate surface area is 183 Å². The number of nitrogens with zero attached hydrogens (tertiary/aromatic N) is 1. The van der Waals surface area contributed by atoms with Crippen molar-refractivity contribution >= 4 is 0 Å². The van der Waals surface area contributed by atoms with Crippen LogP contribution >= 0.6 is 0 Å². The standard InChI is InChI=1S/C25H31NO5/c1-4-11-20(26(27)16-18-12-7-5-8-13-18)21-22(28-17-19-14-9-6-10-15-19)23-24(29-21)31-25(2,3)30-23/h4-10,12-15,20-24,27H,1,11,16-17H2,2-3H3/t20-,21+,22-,23+,24+/m0/s1. The number of hydrogen-bond donors (Lipinski definition) is 1. The number of rotatable bonds is 9. The molecule has 166 valence electrons. The van der Waals surface area contributed by atoms with E-state index in [2.05, 4.69) is 6.58 Å². The first-order valence-electron chi connectivity index (χ1n) is 10.7. The van der Waals surface area contributed by atoms with Gasteiger partial charge in [-0.3, -0.25) is 0 Å². The summed E-state index contributed by atoms with van der Waals surface area (Å²) < 4.78 is 24.7. The molecule has 0 radical (unpaired) electrons. The van der Waals surface area contributed by atoms with Crippen LogP contribution in [-0.4, -0.2) is 46.7 Å². The predicted octanol–water partition coefficient (Wildman–Crippen LogP) is 4.28. The lowest BCUT2D eigenvalue weighted by molar-refractivity contribution is -0.244. The molecule has 0 aliphatic carbocycles. The van der Waals surface area contributed by atoms with E-state index in [1.165, 1.54) is 5.06 Å². The Balaban J connectivity index is 1.54. The van der Waals surface area contributed by atoms with Gasteiger partial charge in [0.1, 0.15) is 18.3 Å². The third-order valence-electron chi connectivity index (χ3n) is 5.67. The molecule has 2 aliphatic heterocycles. The van der Waals surface area contributed by atoms with Crippen molar-refractivity contribution in [1.29, 1.82) is 0 Å². The zero-order chi connectivity index (χ0) is 21.8. The van der Waals surface area contributed by atoms with Crippen LogP contribution in [0.15, 0.2) is 73.3 Å². The normalized spacial score (nSPS) is 27.9. The molecule has 2 heterocycles. The fourth-order valence-electron chi connectivity index (χ4n) is 4.25. The lowest BCUT2D eigenvalue weighted by Crippen LogP contribution is -2.49. The van der Waals surface area contributed by atoms with E-state index in [-0.39, 0.29) is 12.1 Å². The van der Waals surface area contributed by atoms with Gasteiger partial charge in [0, 0.05) is 6.54 Å². The Morgan fingerprint density at radius 1 is 1.06 bits per heavy atom. The summed E-state index contributed by atoms with van der Waals surface area (Å²) in [5.41, 5.74) is 2.07. The third kappa shape index (κ3) is 5.23. The number of ether oxygens (including phenoxy) is 4. The van der Waals surface area contributed by atoms with E-state index >= 15 is 0 Å². The van der Waals surface area contributed by atoms with Gasteiger partial charge in [-0.2, -0.15) is 5.06 Å². The van der Waals surface area contributed by atoms with Crippen molar-refractivity contribution in [3.8, 4) is 0 Å². The van der Waals surface area contributed by atoms with Crippen molar-refractivity contribution in [1.82, 2.24) is 5.06 Å². The summed E-state index contributed by atoms with van der Waals surface area (Å²) in [6.45, 7) is 8.40. The lowest BCUT2D eigenvalue weighted by Gasteiger charge is -2.34. The Kier molecular flexibility index (Phi) is 6.86. The molecule has 6 heteroatoms. The SMILES string of the molecule is C=CC[C@@H]([C@H]1O[C@@H]2OC(C)(C)O[C@@H]2[C@H]1OCc1ccccc1)N(O)Cc1ccccc1. The first kappa shape index (κ1) is 22.1. The second-order valence-corrected chi connectivity index (χ2v) is 8.51. The van der Waals surface area contributed by atoms with Gasteiger partial charge in [0.05, 0.1) is 12.6 Å². The zero-order valence-corrected chi connectivity index (χ0v) is 18.1. The molecule has 2 aromatic rings. The van der Waals surface area contributed by atoms with Crippen molar-refractivity contribution in [3.05, 3.63) is 84.4 Å². The number of hydrogen-bond acceptors (Lipinski definition) is 6. The van der Waals surface area contributed by atoms with Crippen molar-refractivity contribution in [2.45, 2.75) is 69.9 Å². The fraction of sp³-hybridized carbons (Fsp3) is 0.440. The highest BCUT2D eigenvalue weighted by Gasteiger charge is 2.57. The molecule has 0 aromatic heterocycles. The van der Waals surface area contributed by atoms with Crippen LogP contribution in [0.1, 0.15) is 31.4 Å². The van der Waals surface area contributed by atoms with E-state index in [1.807, 2.05) is 74.5 Å². The zero-order valence-electron chi connectivity index (χ0n) is 18.1. The highest BCUT2D eigenvalue weighted by atomic mass is 16.8. The maximum absolute atomic E-state index is 11.0. The highest BCUT2D eigenvalue weighted by Crippen LogP contribution is 2.41. The topological polar surface area (TPSA) is 60.4 Å². The molecule has 2 saturated heterocycles. The minimum Gasteiger partial charge on any atom is -0.368 e. The van der Waals surface area contributed by atoms with Gasteiger partial charge in [-0.25, -0.2) is 0 Å². The summed E-state index contributed by atoms with van der Waals surface area (Å²) in [4.78, 5) is 0. The molecule has 0 unspecified atom stereocenters. The van der Waals surface area contributed by atoms with E-state index in [0.717, 1.165) is 11.1 Å². The maximum atomic E-state index is 11.0. The second-order valence-electron chi connectivity index (χ2n) is 8.51. The molecule has 0 spiro atoms. The average molecular weight is 426 g/mol. The maximum Gasteiger partial charge on any atom is 0.190 e. The van der Waals surface area contributed by atoms with Crippen LogP contribution < -0.4 is 0 Å². The lowest BCUT2D eigenvalue weighted by atomic mass is 9.99. The number of benzene rings is 2. The van der Waals surface area contributed by atoms with Crippen LogP contribution in [0.3, 0.4) is 0 Å². The molecule has 0 amide bonds. The summed E-state index contributed by atoms with van der Waals surface area (Å²) in [6, 6.07) is 19.5. The van der Waals surface area contributed by atoms with E-state index < -0.39 is 24.3 Å². The molecule has 2 fully saturated rings. The van der Waals surface area contributed by atoms with Crippen molar-refractivity contribution in [2.75, 3.05) is 0 Å². The largest absolute Gasteiger partial charge is 0.368 e. The third-order valence-corrected chi connectivity index (χ3v) is 5.67. The monoisotopic (exact) mass is 425 g/mol. The van der Waals surface area contributed by atoms with Crippen molar-refractivity contribution in [2.24, 2.45) is 0 Å². The van der Waals surface area contributed by atoms with E-state index in [9.17, 15) is 5.21 Å². The van der Waals surface area contributed by atoms with Crippen molar-refractivity contribution in [3.63, 3.8) is 0 Å². The first-order valence-corrected chi connectivity index (χ1v) is 10.7. The molecule has 1 N–H and O–H groups in total. The van der Waals surface area contributed by atoms with Crippen molar-refractivity contribution < 1.29 is 24.2 Å². The summed E-state index contributed by atoms with van der Waals surface area (Å²) >= 11 is 0. The first-order chi connectivity index (χ1) is 15.0. The summed E-state index contributed by atoms with van der Waals surface area (Å²) in [5, 5.41) is 12.3. The van der Waals surface area contributed by atoms with Gasteiger partial charge < -0.3 is 24.2 Å². The van der Waals surface area contributed by atoms with Crippen LogP contribution in [0.2, 0.25) is 0 Å². The van der Waals surface area contributed by atoms with E-state index in [0.29, 0.717) is 19.6 Å². The van der Waals surface area contributed by atoms with Gasteiger partial charge in [-0.05, 0) is 31.4 Å². The Morgan fingerprint density at radius 2 is 1.71 bits per heavy atom. The Bertz CT molecular complexity index is 844. The molecule has 2 aliphatic rings. The number of hydroxylamine groups is 2. The second kappa shape index (κ2) is 9.61. The van der Waals surface area contributed by atoms with Gasteiger partial charge >= 0.3 is 0 Å². The number of fused-ring (bicyclic) bond motifs is 1. The quantitative estimate of drug-likeness (QED) is 0.478. The smallest absolute Gasteiger partial charge is 0.190 e. The van der Waals surface area contributed by atoms with E-state index in [1.54, 1.807) is 6.08 Å². The molecule has 4 rings (SSSR count). The van der Waals surface area contributed by atoms with Gasteiger partial charge in [-0.1, -0.05) is 66.7 Å².